The Morgan fingerprint density at radius 3 is 2.18 bits per heavy atom. The van der Waals surface area contributed by atoms with Crippen LogP contribution >= 0.6 is 0 Å². The average Bonchev–Trinajstić information content (AvgIpc) is 1.90. The molecule has 0 saturated carbocycles. The van der Waals surface area contributed by atoms with E-state index in [9.17, 15) is 0 Å². The molecule has 0 amide bonds. The van der Waals surface area contributed by atoms with Gasteiger partial charge in [-0.3, -0.25) is 0 Å². The Morgan fingerprint density at radius 1 is 1.45 bits per heavy atom. The van der Waals surface area contributed by atoms with Crippen LogP contribution in [-0.2, 0) is 4.74 Å². The second-order valence-electron chi connectivity index (χ2n) is 2.07. The Balaban J connectivity index is 0. The largest absolute Gasteiger partial charge is 0.364 e. The van der Waals surface area contributed by atoms with Crippen LogP contribution in [0.2, 0.25) is 0 Å². The molecule has 0 heterocycles. The molecule has 0 aliphatic rings. The minimum Gasteiger partial charge on any atom is -0.364 e. The van der Waals surface area contributed by atoms with E-state index in [1.807, 2.05) is 21.0 Å². The van der Waals surface area contributed by atoms with Gasteiger partial charge >= 0.3 is 0 Å². The summed E-state index contributed by atoms with van der Waals surface area (Å²) in [5.74, 6) is 0. The monoisotopic (exact) mass is 163 g/mol. The topological polar surface area (TPSA) is 73.3 Å². The highest BCUT2D eigenvalue weighted by Crippen LogP contribution is 1.85. The van der Waals surface area contributed by atoms with Crippen molar-refractivity contribution in [3.8, 4) is 0 Å². The summed E-state index contributed by atoms with van der Waals surface area (Å²) < 4.78 is 4.98. The second kappa shape index (κ2) is 12.5. The first kappa shape index (κ1) is 13.4. The second-order valence-corrected chi connectivity index (χ2v) is 2.07. The summed E-state index contributed by atoms with van der Waals surface area (Å²) in [7, 11) is 3.75. The maximum Gasteiger partial charge on any atom is 0.106 e. The lowest BCUT2D eigenvalue weighted by molar-refractivity contribution is 0.0634. The zero-order chi connectivity index (χ0) is 9.11. The average molecular weight is 163 g/mol. The van der Waals surface area contributed by atoms with Gasteiger partial charge in [0.1, 0.15) is 6.23 Å². The molecule has 5 N–H and O–H groups in total. The van der Waals surface area contributed by atoms with Gasteiger partial charge in [0, 0.05) is 6.61 Å². The minimum atomic E-state index is -0.162. The first-order valence-corrected chi connectivity index (χ1v) is 3.88. The van der Waals surface area contributed by atoms with E-state index in [2.05, 4.69) is 5.32 Å². The van der Waals surface area contributed by atoms with Crippen molar-refractivity contribution in [3.05, 3.63) is 0 Å². The van der Waals surface area contributed by atoms with Crippen molar-refractivity contribution in [2.45, 2.75) is 19.6 Å². The lowest BCUT2D eigenvalue weighted by Crippen LogP contribution is -2.26. The molecule has 0 aromatic carbocycles. The zero-order valence-electron chi connectivity index (χ0n) is 7.76. The molecule has 4 heteroatoms. The number of hydrogen-bond acceptors (Lipinski definition) is 4. The Hall–Kier alpha value is -0.160. The van der Waals surface area contributed by atoms with Crippen LogP contribution < -0.4 is 16.8 Å². The third-order valence-corrected chi connectivity index (χ3v) is 0.832. The van der Waals surface area contributed by atoms with E-state index in [0.29, 0.717) is 13.2 Å². The fourth-order valence-electron chi connectivity index (χ4n) is 0.462. The first-order valence-electron chi connectivity index (χ1n) is 3.88. The molecule has 0 aromatic rings. The summed E-state index contributed by atoms with van der Waals surface area (Å²) in [6.45, 7) is 3.18. The highest BCUT2D eigenvalue weighted by Gasteiger charge is 1.95. The fraction of sp³-hybridized carbons (Fsp3) is 1.00. The molecular weight excluding hydrogens is 142 g/mol. The van der Waals surface area contributed by atoms with Crippen molar-refractivity contribution in [1.82, 2.24) is 5.32 Å². The summed E-state index contributed by atoms with van der Waals surface area (Å²) in [6, 6.07) is 0. The predicted molar refractivity (Wildman–Crippen MR) is 48.3 cm³/mol. The van der Waals surface area contributed by atoms with Crippen LogP contribution in [0.25, 0.3) is 0 Å². The molecule has 0 aliphatic carbocycles. The highest BCUT2D eigenvalue weighted by atomic mass is 16.5. The van der Waals surface area contributed by atoms with Crippen LogP contribution in [0.1, 0.15) is 13.3 Å². The molecule has 4 nitrogen and oxygen atoms in total. The van der Waals surface area contributed by atoms with Crippen LogP contribution in [0.5, 0.6) is 0 Å². The van der Waals surface area contributed by atoms with E-state index in [4.69, 9.17) is 16.2 Å². The summed E-state index contributed by atoms with van der Waals surface area (Å²) >= 11 is 0. The smallest absolute Gasteiger partial charge is 0.106 e. The minimum absolute atomic E-state index is 0.162. The van der Waals surface area contributed by atoms with Crippen molar-refractivity contribution in [1.29, 1.82) is 0 Å². The number of rotatable bonds is 4. The van der Waals surface area contributed by atoms with E-state index in [-0.39, 0.29) is 6.23 Å². The number of hydrogen-bond donors (Lipinski definition) is 3. The molecule has 0 rings (SSSR count). The van der Waals surface area contributed by atoms with E-state index >= 15 is 0 Å². The molecule has 0 saturated heterocycles. The summed E-state index contributed by atoms with van der Waals surface area (Å²) in [6.07, 6.45) is 0.582. The molecule has 70 valence electrons. The maximum atomic E-state index is 5.39. The van der Waals surface area contributed by atoms with Crippen molar-refractivity contribution in [2.24, 2.45) is 11.5 Å². The molecule has 0 aromatic heterocycles. The molecule has 11 heavy (non-hydrogen) atoms. The number of nitrogens with one attached hydrogen (secondary N) is 1. The van der Waals surface area contributed by atoms with Crippen molar-refractivity contribution in [2.75, 3.05) is 27.2 Å². The quantitative estimate of drug-likeness (QED) is 0.488. The standard InChI is InChI=1S/C5H14N2O.C2H7N/c1-2-8-5(7)3-4-6;1-3-2/h5H,2-4,6-7H2,1H3;3H,1-2H3. The predicted octanol–water partition coefficient (Wildman–Crippen LogP) is -0.508. The summed E-state index contributed by atoms with van der Waals surface area (Å²) in [4.78, 5) is 0. The SMILES string of the molecule is CCOC(N)CCN.CNC. The number of ether oxygens (including phenoxy) is 1. The van der Waals surface area contributed by atoms with Crippen LogP contribution in [0.3, 0.4) is 0 Å². The van der Waals surface area contributed by atoms with Gasteiger partial charge in [0.05, 0.1) is 0 Å². The van der Waals surface area contributed by atoms with Crippen LogP contribution in [0.15, 0.2) is 0 Å². The fourth-order valence-corrected chi connectivity index (χ4v) is 0.462. The van der Waals surface area contributed by atoms with E-state index < -0.39 is 0 Å². The normalized spacial score (nSPS) is 11.7. The third kappa shape index (κ3) is 17.7. The Kier molecular flexibility index (Phi) is 15.3. The van der Waals surface area contributed by atoms with Gasteiger partial charge in [-0.05, 0) is 34.0 Å². The summed E-state index contributed by atoms with van der Waals surface area (Å²) in [5.41, 5.74) is 10.6. The van der Waals surface area contributed by atoms with Gasteiger partial charge in [-0.15, -0.1) is 0 Å². The van der Waals surface area contributed by atoms with Gasteiger partial charge in [-0.1, -0.05) is 0 Å². The van der Waals surface area contributed by atoms with Gasteiger partial charge < -0.3 is 21.5 Å². The van der Waals surface area contributed by atoms with Crippen LogP contribution in [0, 0.1) is 0 Å². The van der Waals surface area contributed by atoms with Crippen molar-refractivity contribution < 1.29 is 4.74 Å². The molecule has 0 fully saturated rings. The molecule has 0 bridgehead atoms. The third-order valence-electron chi connectivity index (χ3n) is 0.832. The molecule has 0 spiro atoms. The first-order chi connectivity index (χ1) is 5.22. The molecule has 1 atom stereocenters. The summed E-state index contributed by atoms with van der Waals surface area (Å²) in [5, 5.41) is 2.75. The maximum absolute atomic E-state index is 5.39. The molecular formula is C7H21N3O. The Labute approximate surface area is 69.3 Å². The zero-order valence-corrected chi connectivity index (χ0v) is 7.76. The van der Waals surface area contributed by atoms with Crippen molar-refractivity contribution >= 4 is 0 Å². The lowest BCUT2D eigenvalue weighted by atomic mass is 10.4. The van der Waals surface area contributed by atoms with Gasteiger partial charge in [-0.25, -0.2) is 0 Å². The number of nitrogens with two attached hydrogens (primary N) is 2. The van der Waals surface area contributed by atoms with E-state index in [1.165, 1.54) is 0 Å². The lowest BCUT2D eigenvalue weighted by Gasteiger charge is -2.08. The molecule has 0 aliphatic heterocycles. The van der Waals surface area contributed by atoms with Crippen molar-refractivity contribution in [3.63, 3.8) is 0 Å². The van der Waals surface area contributed by atoms with Crippen LogP contribution in [0.4, 0.5) is 0 Å². The van der Waals surface area contributed by atoms with Crippen LogP contribution in [-0.4, -0.2) is 33.5 Å². The molecule has 1 unspecified atom stereocenters. The van der Waals surface area contributed by atoms with E-state index in [0.717, 1.165) is 6.42 Å². The Morgan fingerprint density at radius 2 is 1.91 bits per heavy atom. The van der Waals surface area contributed by atoms with Gasteiger partial charge in [0.2, 0.25) is 0 Å². The Bertz CT molecular complexity index is 55.6. The highest BCUT2D eigenvalue weighted by molar-refractivity contribution is 4.46. The van der Waals surface area contributed by atoms with E-state index in [1.54, 1.807) is 0 Å². The van der Waals surface area contributed by atoms with Gasteiger partial charge in [0.15, 0.2) is 0 Å². The molecule has 0 radical (unpaired) electrons. The van der Waals surface area contributed by atoms with Gasteiger partial charge in [-0.2, -0.15) is 0 Å². The van der Waals surface area contributed by atoms with Gasteiger partial charge in [0.25, 0.3) is 0 Å².